The molecule has 0 unspecified atom stereocenters. The molecule has 2 N–H and O–H groups in total. The predicted molar refractivity (Wildman–Crippen MR) is 71.0 cm³/mol. The minimum atomic E-state index is 0.241. The Morgan fingerprint density at radius 1 is 1.28 bits per heavy atom. The fourth-order valence-corrected chi connectivity index (χ4v) is 1.55. The van der Waals surface area contributed by atoms with Crippen molar-refractivity contribution in [2.24, 2.45) is 0 Å². The van der Waals surface area contributed by atoms with E-state index in [0.717, 1.165) is 11.3 Å². The van der Waals surface area contributed by atoms with Crippen molar-refractivity contribution < 1.29 is 4.74 Å². The second-order valence-electron chi connectivity index (χ2n) is 4.37. The zero-order chi connectivity index (χ0) is 13.0. The SMILES string of the molecule is CC(C)OCCn1cnc(-c2ccc(N)cc2)n1. The Bertz CT molecular complexity index is 490. The number of ether oxygens (including phenoxy) is 1. The number of hydrogen-bond donors (Lipinski definition) is 1. The van der Waals surface area contributed by atoms with Gasteiger partial charge < -0.3 is 10.5 Å². The van der Waals surface area contributed by atoms with Gasteiger partial charge in [-0.25, -0.2) is 4.98 Å². The van der Waals surface area contributed by atoms with Crippen LogP contribution >= 0.6 is 0 Å². The number of aromatic nitrogens is 3. The summed E-state index contributed by atoms with van der Waals surface area (Å²) in [4.78, 5) is 4.27. The van der Waals surface area contributed by atoms with E-state index in [1.54, 1.807) is 11.0 Å². The first-order valence-electron chi connectivity index (χ1n) is 6.02. The number of rotatable bonds is 5. The molecule has 2 rings (SSSR count). The Kier molecular flexibility index (Phi) is 3.94. The lowest BCUT2D eigenvalue weighted by Crippen LogP contribution is -2.10. The molecule has 0 saturated carbocycles. The molecule has 18 heavy (non-hydrogen) atoms. The van der Waals surface area contributed by atoms with E-state index in [-0.39, 0.29) is 6.10 Å². The van der Waals surface area contributed by atoms with E-state index in [0.29, 0.717) is 19.0 Å². The van der Waals surface area contributed by atoms with Gasteiger partial charge >= 0.3 is 0 Å². The highest BCUT2D eigenvalue weighted by Gasteiger charge is 2.04. The molecule has 0 aliphatic heterocycles. The monoisotopic (exact) mass is 246 g/mol. The predicted octanol–water partition coefficient (Wildman–Crippen LogP) is 1.95. The number of anilines is 1. The Hall–Kier alpha value is -1.88. The molecule has 0 atom stereocenters. The minimum Gasteiger partial charge on any atom is -0.399 e. The quantitative estimate of drug-likeness (QED) is 0.819. The van der Waals surface area contributed by atoms with E-state index in [1.807, 2.05) is 38.1 Å². The average Bonchev–Trinajstić information content (AvgIpc) is 2.78. The summed E-state index contributed by atoms with van der Waals surface area (Å²) in [5.74, 6) is 0.708. The van der Waals surface area contributed by atoms with Gasteiger partial charge in [0.05, 0.1) is 19.3 Å². The van der Waals surface area contributed by atoms with Crippen molar-refractivity contribution in [1.82, 2.24) is 14.8 Å². The molecule has 0 spiro atoms. The number of nitrogens with two attached hydrogens (primary N) is 1. The van der Waals surface area contributed by atoms with Crippen molar-refractivity contribution in [3.63, 3.8) is 0 Å². The largest absolute Gasteiger partial charge is 0.399 e. The van der Waals surface area contributed by atoms with Crippen molar-refractivity contribution in [2.75, 3.05) is 12.3 Å². The molecule has 0 aliphatic rings. The lowest BCUT2D eigenvalue weighted by atomic mass is 10.2. The van der Waals surface area contributed by atoms with Crippen LogP contribution in [0.3, 0.4) is 0 Å². The van der Waals surface area contributed by atoms with Gasteiger partial charge in [-0.1, -0.05) is 0 Å². The summed E-state index contributed by atoms with van der Waals surface area (Å²) < 4.78 is 7.26. The molecule has 5 heteroatoms. The third kappa shape index (κ3) is 3.30. The molecular weight excluding hydrogens is 228 g/mol. The van der Waals surface area contributed by atoms with Gasteiger partial charge in [-0.3, -0.25) is 4.68 Å². The highest BCUT2D eigenvalue weighted by atomic mass is 16.5. The molecule has 0 bridgehead atoms. The first kappa shape index (κ1) is 12.6. The van der Waals surface area contributed by atoms with E-state index < -0.39 is 0 Å². The highest BCUT2D eigenvalue weighted by molar-refractivity contribution is 5.57. The van der Waals surface area contributed by atoms with Crippen LogP contribution in [0, 0.1) is 0 Å². The van der Waals surface area contributed by atoms with Crippen molar-refractivity contribution in [3.05, 3.63) is 30.6 Å². The number of benzene rings is 1. The molecule has 0 fully saturated rings. The standard InChI is InChI=1S/C13H18N4O/c1-10(2)18-8-7-17-9-15-13(16-17)11-3-5-12(14)6-4-11/h3-6,9-10H,7-8,14H2,1-2H3. The highest BCUT2D eigenvalue weighted by Crippen LogP contribution is 2.15. The summed E-state index contributed by atoms with van der Waals surface area (Å²) in [6, 6.07) is 7.52. The first-order valence-corrected chi connectivity index (χ1v) is 6.02. The maximum Gasteiger partial charge on any atom is 0.181 e. The third-order valence-electron chi connectivity index (χ3n) is 2.48. The summed E-state index contributed by atoms with van der Waals surface area (Å²) in [7, 11) is 0. The summed E-state index contributed by atoms with van der Waals surface area (Å²) in [6.07, 6.45) is 1.96. The smallest absolute Gasteiger partial charge is 0.181 e. The van der Waals surface area contributed by atoms with Crippen LogP contribution in [0.2, 0.25) is 0 Å². The van der Waals surface area contributed by atoms with Gasteiger partial charge in [0.2, 0.25) is 0 Å². The normalized spacial score (nSPS) is 11.1. The molecule has 1 aromatic carbocycles. The Morgan fingerprint density at radius 3 is 2.67 bits per heavy atom. The first-order chi connectivity index (χ1) is 8.65. The maximum atomic E-state index is 5.64. The lowest BCUT2D eigenvalue weighted by Gasteiger charge is -2.06. The molecule has 0 amide bonds. The molecule has 0 aliphatic carbocycles. The minimum absolute atomic E-state index is 0.241. The topological polar surface area (TPSA) is 66.0 Å². The zero-order valence-electron chi connectivity index (χ0n) is 10.7. The van der Waals surface area contributed by atoms with Gasteiger partial charge in [-0.2, -0.15) is 5.10 Å². The summed E-state index contributed by atoms with van der Waals surface area (Å²) in [5.41, 5.74) is 7.35. The molecule has 2 aromatic rings. The van der Waals surface area contributed by atoms with E-state index in [1.165, 1.54) is 0 Å². The van der Waals surface area contributed by atoms with Gasteiger partial charge in [0.25, 0.3) is 0 Å². The van der Waals surface area contributed by atoms with Crippen LogP contribution in [-0.4, -0.2) is 27.5 Å². The lowest BCUT2D eigenvalue weighted by molar-refractivity contribution is 0.0709. The van der Waals surface area contributed by atoms with Gasteiger partial charge in [0, 0.05) is 11.3 Å². The average molecular weight is 246 g/mol. The van der Waals surface area contributed by atoms with Crippen LogP contribution in [0.25, 0.3) is 11.4 Å². The van der Waals surface area contributed by atoms with Crippen LogP contribution < -0.4 is 5.73 Å². The zero-order valence-corrected chi connectivity index (χ0v) is 10.7. The van der Waals surface area contributed by atoms with Crippen molar-refractivity contribution in [3.8, 4) is 11.4 Å². The van der Waals surface area contributed by atoms with Crippen molar-refractivity contribution >= 4 is 5.69 Å². The van der Waals surface area contributed by atoms with Crippen LogP contribution in [0.4, 0.5) is 5.69 Å². The molecule has 1 heterocycles. The Balaban J connectivity index is 1.99. The second kappa shape index (κ2) is 5.64. The summed E-state index contributed by atoms with van der Waals surface area (Å²) >= 11 is 0. The van der Waals surface area contributed by atoms with E-state index in [9.17, 15) is 0 Å². The maximum absolute atomic E-state index is 5.64. The third-order valence-corrected chi connectivity index (χ3v) is 2.48. The summed E-state index contributed by atoms with van der Waals surface area (Å²) in [5, 5.41) is 4.39. The molecule has 0 radical (unpaired) electrons. The van der Waals surface area contributed by atoms with E-state index >= 15 is 0 Å². The Labute approximate surface area is 107 Å². The molecule has 1 aromatic heterocycles. The van der Waals surface area contributed by atoms with Gasteiger partial charge in [0.1, 0.15) is 6.33 Å². The number of hydrogen-bond acceptors (Lipinski definition) is 4. The van der Waals surface area contributed by atoms with Crippen LogP contribution in [0.1, 0.15) is 13.8 Å². The van der Waals surface area contributed by atoms with Gasteiger partial charge in [-0.05, 0) is 38.1 Å². The molecule has 0 saturated heterocycles. The van der Waals surface area contributed by atoms with Crippen LogP contribution in [0.15, 0.2) is 30.6 Å². The number of nitrogen functional groups attached to an aromatic ring is 1. The van der Waals surface area contributed by atoms with Gasteiger partial charge in [0.15, 0.2) is 5.82 Å². The number of nitrogens with zero attached hydrogens (tertiary/aromatic N) is 3. The fraction of sp³-hybridized carbons (Fsp3) is 0.385. The van der Waals surface area contributed by atoms with Gasteiger partial charge in [-0.15, -0.1) is 0 Å². The molecular formula is C13H18N4O. The van der Waals surface area contributed by atoms with E-state index in [4.69, 9.17) is 10.5 Å². The van der Waals surface area contributed by atoms with Crippen molar-refractivity contribution in [1.29, 1.82) is 0 Å². The fourth-order valence-electron chi connectivity index (χ4n) is 1.55. The Morgan fingerprint density at radius 2 is 2.00 bits per heavy atom. The van der Waals surface area contributed by atoms with E-state index in [2.05, 4.69) is 10.1 Å². The van der Waals surface area contributed by atoms with Crippen LogP contribution in [0.5, 0.6) is 0 Å². The molecule has 5 nitrogen and oxygen atoms in total. The van der Waals surface area contributed by atoms with Crippen LogP contribution in [-0.2, 0) is 11.3 Å². The second-order valence-corrected chi connectivity index (χ2v) is 4.37. The molecule has 96 valence electrons. The summed E-state index contributed by atoms with van der Waals surface area (Å²) in [6.45, 7) is 5.38. The van der Waals surface area contributed by atoms with Crippen molar-refractivity contribution in [2.45, 2.75) is 26.5 Å².